The monoisotopic (exact) mass is 354 g/mol. The van der Waals surface area contributed by atoms with Gasteiger partial charge in [-0.05, 0) is 47.0 Å². The van der Waals surface area contributed by atoms with Crippen molar-refractivity contribution in [1.29, 1.82) is 0 Å². The molecule has 2 aromatic heterocycles. The van der Waals surface area contributed by atoms with Gasteiger partial charge in [0.15, 0.2) is 0 Å². The Morgan fingerprint density at radius 3 is 3.00 bits per heavy atom. The highest BCUT2D eigenvalue weighted by molar-refractivity contribution is 9.10. The Labute approximate surface area is 134 Å². The number of aryl methyl sites for hydroxylation is 1. The van der Waals surface area contributed by atoms with Gasteiger partial charge >= 0.3 is 0 Å². The van der Waals surface area contributed by atoms with Gasteiger partial charge in [0.25, 0.3) is 0 Å². The van der Waals surface area contributed by atoms with Gasteiger partial charge in [-0.15, -0.1) is 11.3 Å². The average Bonchev–Trinajstić information content (AvgIpc) is 3.06. The first kappa shape index (κ1) is 12.0. The second kappa shape index (κ2) is 4.21. The molecule has 0 unspecified atom stereocenters. The van der Waals surface area contributed by atoms with Gasteiger partial charge in [0.1, 0.15) is 11.3 Å². The maximum atomic E-state index is 6.22. The minimum Gasteiger partial charge on any atom is -0.456 e. The lowest BCUT2D eigenvalue weighted by atomic mass is 10.00. The van der Waals surface area contributed by atoms with Crippen LogP contribution in [0.5, 0.6) is 0 Å². The van der Waals surface area contributed by atoms with Crippen molar-refractivity contribution in [2.75, 3.05) is 0 Å². The Bertz CT molecular complexity index is 1050. The van der Waals surface area contributed by atoms with Crippen LogP contribution in [0.25, 0.3) is 37.2 Å². The summed E-state index contributed by atoms with van der Waals surface area (Å²) in [5.74, 6) is 1.03. The molecule has 1 aliphatic carbocycles. The summed E-state index contributed by atoms with van der Waals surface area (Å²) in [6.45, 7) is 0. The molecule has 0 radical (unpaired) electrons. The standard InChI is InChI=1S/C18H11BrOS/c19-13-9-12-10-5-1-3-7-14(10)20-17(12)16-11-6-2-4-8-15(11)21-18(13)16/h2-4,6-9H,1,5H2. The fraction of sp³-hybridized carbons (Fsp3) is 0.111. The number of furan rings is 1. The first-order valence-corrected chi connectivity index (χ1v) is 8.65. The minimum absolute atomic E-state index is 1.03. The van der Waals surface area contributed by atoms with Crippen LogP contribution < -0.4 is 0 Å². The van der Waals surface area contributed by atoms with E-state index in [1.807, 2.05) is 11.3 Å². The fourth-order valence-corrected chi connectivity index (χ4v) is 5.05. The third kappa shape index (κ3) is 1.56. The van der Waals surface area contributed by atoms with Gasteiger partial charge in [-0.2, -0.15) is 0 Å². The van der Waals surface area contributed by atoms with Crippen molar-refractivity contribution in [2.24, 2.45) is 0 Å². The van der Waals surface area contributed by atoms with Gasteiger partial charge in [0.2, 0.25) is 0 Å². The third-order valence-corrected chi connectivity index (χ3v) is 6.31. The average molecular weight is 355 g/mol. The Balaban J connectivity index is 2.08. The topological polar surface area (TPSA) is 13.1 Å². The molecule has 0 amide bonds. The maximum absolute atomic E-state index is 6.22. The molecule has 102 valence electrons. The molecule has 4 aromatic rings. The summed E-state index contributed by atoms with van der Waals surface area (Å²) in [5.41, 5.74) is 2.40. The van der Waals surface area contributed by atoms with E-state index < -0.39 is 0 Å². The molecule has 2 aromatic carbocycles. The summed E-state index contributed by atoms with van der Waals surface area (Å²) in [6.07, 6.45) is 6.48. The van der Waals surface area contributed by atoms with Crippen LogP contribution in [-0.4, -0.2) is 0 Å². The van der Waals surface area contributed by atoms with E-state index in [0.29, 0.717) is 0 Å². The van der Waals surface area contributed by atoms with E-state index in [4.69, 9.17) is 4.42 Å². The van der Waals surface area contributed by atoms with Crippen molar-refractivity contribution in [3.8, 4) is 0 Å². The zero-order chi connectivity index (χ0) is 14.0. The first-order valence-electron chi connectivity index (χ1n) is 7.04. The van der Waals surface area contributed by atoms with Crippen molar-refractivity contribution in [2.45, 2.75) is 12.8 Å². The Hall–Kier alpha value is -1.58. The normalized spacial score (nSPS) is 14.3. The zero-order valence-electron chi connectivity index (χ0n) is 11.2. The van der Waals surface area contributed by atoms with Crippen molar-refractivity contribution in [1.82, 2.24) is 0 Å². The van der Waals surface area contributed by atoms with Crippen LogP contribution in [0, 0.1) is 0 Å². The predicted molar refractivity (Wildman–Crippen MR) is 94.2 cm³/mol. The summed E-state index contributed by atoms with van der Waals surface area (Å²) in [4.78, 5) is 0. The molecule has 1 aliphatic rings. The molecule has 5 rings (SSSR count). The van der Waals surface area contributed by atoms with E-state index in [-0.39, 0.29) is 0 Å². The Morgan fingerprint density at radius 1 is 1.14 bits per heavy atom. The van der Waals surface area contributed by atoms with Gasteiger partial charge in [0.05, 0.1) is 4.70 Å². The molecular weight excluding hydrogens is 344 g/mol. The number of hydrogen-bond donors (Lipinski definition) is 0. The smallest absolute Gasteiger partial charge is 0.144 e. The van der Waals surface area contributed by atoms with Gasteiger partial charge in [-0.25, -0.2) is 0 Å². The van der Waals surface area contributed by atoms with Gasteiger partial charge < -0.3 is 4.42 Å². The van der Waals surface area contributed by atoms with Crippen LogP contribution in [0.4, 0.5) is 0 Å². The molecule has 0 spiro atoms. The molecule has 0 N–H and O–H groups in total. The highest BCUT2D eigenvalue weighted by Crippen LogP contribution is 2.45. The second-order valence-electron chi connectivity index (χ2n) is 5.42. The predicted octanol–water partition coefficient (Wildman–Crippen LogP) is 6.52. The number of rotatable bonds is 0. The largest absolute Gasteiger partial charge is 0.456 e. The van der Waals surface area contributed by atoms with Crippen LogP contribution in [0.1, 0.15) is 17.7 Å². The molecule has 21 heavy (non-hydrogen) atoms. The van der Waals surface area contributed by atoms with Gasteiger partial charge in [-0.3, -0.25) is 0 Å². The van der Waals surface area contributed by atoms with Crippen LogP contribution >= 0.6 is 27.3 Å². The van der Waals surface area contributed by atoms with Crippen LogP contribution in [0.2, 0.25) is 0 Å². The number of halogens is 1. The number of fused-ring (bicyclic) bond motifs is 7. The lowest BCUT2D eigenvalue weighted by Crippen LogP contribution is -1.89. The van der Waals surface area contributed by atoms with E-state index >= 15 is 0 Å². The molecule has 3 heteroatoms. The molecule has 2 heterocycles. The molecule has 0 saturated heterocycles. The summed E-state index contributed by atoms with van der Waals surface area (Å²) >= 11 is 5.58. The lowest BCUT2D eigenvalue weighted by molar-refractivity contribution is 0.598. The maximum Gasteiger partial charge on any atom is 0.144 e. The lowest BCUT2D eigenvalue weighted by Gasteiger charge is -2.02. The Kier molecular flexibility index (Phi) is 2.41. The zero-order valence-corrected chi connectivity index (χ0v) is 13.6. The minimum atomic E-state index is 1.03. The molecule has 0 fully saturated rings. The number of benzene rings is 2. The summed E-state index contributed by atoms with van der Waals surface area (Å²) in [7, 11) is 0. The molecule has 0 saturated carbocycles. The summed E-state index contributed by atoms with van der Waals surface area (Å²) < 4.78 is 9.98. The third-order valence-electron chi connectivity index (χ3n) is 4.22. The molecule has 0 atom stereocenters. The number of thiophene rings is 1. The summed E-state index contributed by atoms with van der Waals surface area (Å²) in [6, 6.07) is 10.8. The molecular formula is C18H11BrOS. The molecule has 0 aliphatic heterocycles. The second-order valence-corrected chi connectivity index (χ2v) is 7.33. The van der Waals surface area contributed by atoms with Crippen LogP contribution in [0.3, 0.4) is 0 Å². The van der Waals surface area contributed by atoms with E-state index in [1.165, 1.54) is 35.6 Å². The van der Waals surface area contributed by atoms with Crippen LogP contribution in [0.15, 0.2) is 45.3 Å². The van der Waals surface area contributed by atoms with Crippen molar-refractivity contribution in [3.63, 3.8) is 0 Å². The van der Waals surface area contributed by atoms with Crippen molar-refractivity contribution < 1.29 is 4.42 Å². The molecule has 1 nitrogen and oxygen atoms in total. The molecule has 0 bridgehead atoms. The highest BCUT2D eigenvalue weighted by atomic mass is 79.9. The van der Waals surface area contributed by atoms with Gasteiger partial charge in [-0.1, -0.05) is 24.3 Å². The van der Waals surface area contributed by atoms with E-state index in [1.54, 1.807) is 0 Å². The first-order chi connectivity index (χ1) is 10.3. The van der Waals surface area contributed by atoms with Crippen molar-refractivity contribution >= 4 is 64.5 Å². The van der Waals surface area contributed by atoms with E-state index in [2.05, 4.69) is 58.4 Å². The SMILES string of the molecule is Brc1cc2c3c(oc2c2c1sc1ccccc12)C=CCC3. The highest BCUT2D eigenvalue weighted by Gasteiger charge is 2.20. The fourth-order valence-electron chi connectivity index (χ4n) is 3.28. The summed E-state index contributed by atoms with van der Waals surface area (Å²) in [5, 5.41) is 3.80. The van der Waals surface area contributed by atoms with Gasteiger partial charge in [0, 0.05) is 30.9 Å². The Morgan fingerprint density at radius 2 is 2.05 bits per heavy atom. The van der Waals surface area contributed by atoms with E-state index in [9.17, 15) is 0 Å². The number of allylic oxidation sites excluding steroid dienone is 1. The van der Waals surface area contributed by atoms with Crippen molar-refractivity contribution in [3.05, 3.63) is 52.2 Å². The van der Waals surface area contributed by atoms with E-state index in [0.717, 1.165) is 24.2 Å². The quantitative estimate of drug-likeness (QED) is 0.350. The van der Waals surface area contributed by atoms with Crippen LogP contribution in [-0.2, 0) is 6.42 Å². The number of hydrogen-bond acceptors (Lipinski definition) is 2.